The van der Waals surface area contributed by atoms with Gasteiger partial charge in [0.25, 0.3) is 5.89 Å². The second kappa shape index (κ2) is 6.85. The van der Waals surface area contributed by atoms with Crippen LogP contribution in [0.15, 0.2) is 57.1 Å². The van der Waals surface area contributed by atoms with Crippen LogP contribution in [-0.2, 0) is 5.75 Å². The van der Waals surface area contributed by atoms with Gasteiger partial charge in [-0.25, -0.2) is 4.98 Å². The Balaban J connectivity index is 1.53. The molecule has 3 heterocycles. The second-order valence-electron chi connectivity index (χ2n) is 5.62. The molecule has 0 fully saturated rings. The number of nitrogens with zero attached hydrogens (tertiary/aromatic N) is 4. The van der Waals surface area contributed by atoms with Crippen LogP contribution in [0.2, 0.25) is 0 Å². The summed E-state index contributed by atoms with van der Waals surface area (Å²) in [5, 5.41) is 8.97. The number of rotatable bonds is 5. The minimum absolute atomic E-state index is 0.565. The van der Waals surface area contributed by atoms with Crippen molar-refractivity contribution in [2.45, 2.75) is 24.8 Å². The molecule has 4 rings (SSSR count). The van der Waals surface area contributed by atoms with E-state index in [2.05, 4.69) is 51.7 Å². The van der Waals surface area contributed by atoms with E-state index < -0.39 is 0 Å². The normalized spacial score (nSPS) is 11.1. The Kier molecular flexibility index (Phi) is 4.42. The number of imidazole rings is 1. The molecule has 0 saturated carbocycles. The molecule has 0 aliphatic rings. The van der Waals surface area contributed by atoms with Gasteiger partial charge in [-0.3, -0.25) is 4.57 Å². The SMILES string of the molecule is Cc1cccc(-n2ccnc2SCc2noc(-c3ccsc3)n2)c1C. The summed E-state index contributed by atoms with van der Waals surface area (Å²) in [6.45, 7) is 4.25. The Labute approximate surface area is 153 Å². The highest BCUT2D eigenvalue weighted by Crippen LogP contribution is 2.27. The molecule has 3 aromatic heterocycles. The lowest BCUT2D eigenvalue weighted by Crippen LogP contribution is -1.99. The first-order valence-electron chi connectivity index (χ1n) is 7.80. The predicted molar refractivity (Wildman–Crippen MR) is 100 cm³/mol. The monoisotopic (exact) mass is 368 g/mol. The standard InChI is InChI=1S/C18H16N4OS2/c1-12-4-3-5-15(13(12)2)22-8-7-19-18(22)25-11-16-20-17(23-21-16)14-6-9-24-10-14/h3-10H,11H2,1-2H3. The fraction of sp³-hybridized carbons (Fsp3) is 0.167. The molecule has 0 N–H and O–H groups in total. The molecule has 126 valence electrons. The summed E-state index contributed by atoms with van der Waals surface area (Å²) in [6, 6.07) is 8.27. The van der Waals surface area contributed by atoms with Crippen molar-refractivity contribution >= 4 is 23.1 Å². The van der Waals surface area contributed by atoms with Crippen molar-refractivity contribution in [3.8, 4) is 17.1 Å². The maximum atomic E-state index is 5.33. The van der Waals surface area contributed by atoms with Gasteiger partial charge in [0.05, 0.1) is 17.0 Å². The van der Waals surface area contributed by atoms with Crippen molar-refractivity contribution < 1.29 is 4.52 Å². The van der Waals surface area contributed by atoms with Crippen LogP contribution >= 0.6 is 23.1 Å². The molecule has 0 saturated heterocycles. The van der Waals surface area contributed by atoms with Crippen molar-refractivity contribution in [1.29, 1.82) is 0 Å². The van der Waals surface area contributed by atoms with Gasteiger partial charge < -0.3 is 4.52 Å². The van der Waals surface area contributed by atoms with E-state index in [1.54, 1.807) is 23.1 Å². The maximum absolute atomic E-state index is 5.33. The third-order valence-electron chi connectivity index (χ3n) is 4.01. The maximum Gasteiger partial charge on any atom is 0.258 e. The summed E-state index contributed by atoms with van der Waals surface area (Å²) in [5.74, 6) is 1.84. The molecule has 0 atom stereocenters. The first-order chi connectivity index (χ1) is 12.2. The highest BCUT2D eigenvalue weighted by atomic mass is 32.2. The number of hydrogen-bond donors (Lipinski definition) is 0. The van der Waals surface area contributed by atoms with Gasteiger partial charge in [-0.2, -0.15) is 16.3 Å². The summed E-state index contributed by atoms with van der Waals surface area (Å²) in [6.07, 6.45) is 3.80. The Morgan fingerprint density at radius 1 is 1.24 bits per heavy atom. The van der Waals surface area contributed by atoms with Gasteiger partial charge in [-0.15, -0.1) is 0 Å². The van der Waals surface area contributed by atoms with Crippen molar-refractivity contribution in [1.82, 2.24) is 19.7 Å². The van der Waals surface area contributed by atoms with E-state index in [9.17, 15) is 0 Å². The Hall–Kier alpha value is -2.38. The van der Waals surface area contributed by atoms with Gasteiger partial charge >= 0.3 is 0 Å². The lowest BCUT2D eigenvalue weighted by atomic mass is 10.1. The average Bonchev–Trinajstić information content (AvgIpc) is 3.36. The van der Waals surface area contributed by atoms with Crippen LogP contribution < -0.4 is 0 Å². The summed E-state index contributed by atoms with van der Waals surface area (Å²) in [5.41, 5.74) is 4.63. The summed E-state index contributed by atoms with van der Waals surface area (Å²) < 4.78 is 7.44. The van der Waals surface area contributed by atoms with Gasteiger partial charge in [-0.1, -0.05) is 29.1 Å². The molecule has 0 radical (unpaired) electrons. The van der Waals surface area contributed by atoms with E-state index in [0.29, 0.717) is 17.5 Å². The largest absolute Gasteiger partial charge is 0.334 e. The first kappa shape index (κ1) is 16.1. The minimum Gasteiger partial charge on any atom is -0.334 e. The zero-order valence-corrected chi connectivity index (χ0v) is 15.5. The molecule has 7 heteroatoms. The van der Waals surface area contributed by atoms with Crippen LogP contribution in [0.3, 0.4) is 0 Å². The third-order valence-corrected chi connectivity index (χ3v) is 5.66. The molecule has 0 spiro atoms. The Bertz CT molecular complexity index is 988. The second-order valence-corrected chi connectivity index (χ2v) is 7.34. The fourth-order valence-electron chi connectivity index (χ4n) is 2.52. The van der Waals surface area contributed by atoms with E-state index in [1.807, 2.05) is 29.2 Å². The van der Waals surface area contributed by atoms with Gasteiger partial charge in [0.2, 0.25) is 0 Å². The van der Waals surface area contributed by atoms with Crippen LogP contribution in [-0.4, -0.2) is 19.7 Å². The Morgan fingerprint density at radius 2 is 2.16 bits per heavy atom. The van der Waals surface area contributed by atoms with E-state index >= 15 is 0 Å². The van der Waals surface area contributed by atoms with E-state index in [-0.39, 0.29) is 0 Å². The molecule has 0 bridgehead atoms. The minimum atomic E-state index is 0.565. The predicted octanol–water partition coefficient (Wildman–Crippen LogP) is 4.89. The molecular formula is C18H16N4OS2. The van der Waals surface area contributed by atoms with Crippen molar-refractivity contribution in [2.24, 2.45) is 0 Å². The van der Waals surface area contributed by atoms with Crippen LogP contribution in [0.5, 0.6) is 0 Å². The Morgan fingerprint density at radius 3 is 3.00 bits per heavy atom. The number of hydrogen-bond acceptors (Lipinski definition) is 6. The molecule has 1 aromatic carbocycles. The number of benzene rings is 1. The number of aromatic nitrogens is 4. The van der Waals surface area contributed by atoms with Crippen molar-refractivity contribution in [3.63, 3.8) is 0 Å². The molecule has 0 aliphatic heterocycles. The topological polar surface area (TPSA) is 56.7 Å². The van der Waals surface area contributed by atoms with E-state index in [4.69, 9.17) is 4.52 Å². The molecule has 0 unspecified atom stereocenters. The molecule has 4 aromatic rings. The van der Waals surface area contributed by atoms with Crippen LogP contribution in [0, 0.1) is 13.8 Å². The van der Waals surface area contributed by atoms with Crippen LogP contribution in [0.25, 0.3) is 17.1 Å². The highest BCUT2D eigenvalue weighted by Gasteiger charge is 2.13. The van der Waals surface area contributed by atoms with Gasteiger partial charge in [-0.05, 0) is 42.5 Å². The highest BCUT2D eigenvalue weighted by molar-refractivity contribution is 7.98. The van der Waals surface area contributed by atoms with Crippen molar-refractivity contribution in [3.05, 3.63) is 64.4 Å². The van der Waals surface area contributed by atoms with E-state index in [1.165, 1.54) is 11.1 Å². The molecule has 0 aliphatic carbocycles. The molecular weight excluding hydrogens is 352 g/mol. The number of thiophene rings is 1. The van der Waals surface area contributed by atoms with Gasteiger partial charge in [0, 0.05) is 17.8 Å². The van der Waals surface area contributed by atoms with Gasteiger partial charge in [0.1, 0.15) is 0 Å². The van der Waals surface area contributed by atoms with E-state index in [0.717, 1.165) is 16.4 Å². The molecule has 5 nitrogen and oxygen atoms in total. The fourth-order valence-corrected chi connectivity index (χ4v) is 3.96. The van der Waals surface area contributed by atoms with Crippen molar-refractivity contribution in [2.75, 3.05) is 0 Å². The summed E-state index contributed by atoms with van der Waals surface area (Å²) in [4.78, 5) is 8.93. The quantitative estimate of drug-likeness (QED) is 0.469. The average molecular weight is 368 g/mol. The lowest BCUT2D eigenvalue weighted by molar-refractivity contribution is 0.425. The number of thioether (sulfide) groups is 1. The summed E-state index contributed by atoms with van der Waals surface area (Å²) in [7, 11) is 0. The molecule has 0 amide bonds. The summed E-state index contributed by atoms with van der Waals surface area (Å²) >= 11 is 3.21. The third kappa shape index (κ3) is 3.25. The number of aryl methyl sites for hydroxylation is 1. The molecule has 25 heavy (non-hydrogen) atoms. The zero-order valence-electron chi connectivity index (χ0n) is 13.8. The van der Waals surface area contributed by atoms with Gasteiger partial charge in [0.15, 0.2) is 11.0 Å². The first-order valence-corrected chi connectivity index (χ1v) is 9.73. The van der Waals surface area contributed by atoms with Crippen LogP contribution in [0.1, 0.15) is 17.0 Å². The lowest BCUT2D eigenvalue weighted by Gasteiger charge is -2.11. The van der Waals surface area contributed by atoms with Crippen LogP contribution in [0.4, 0.5) is 0 Å². The smallest absolute Gasteiger partial charge is 0.258 e. The zero-order chi connectivity index (χ0) is 17.2.